The molecule has 1 aromatic carbocycles. The lowest BCUT2D eigenvalue weighted by Gasteiger charge is -2.39. The third-order valence-corrected chi connectivity index (χ3v) is 4.34. The maximum absolute atomic E-state index is 4.49. The van der Waals surface area contributed by atoms with E-state index < -0.39 is 0 Å². The van der Waals surface area contributed by atoms with Gasteiger partial charge in [0.1, 0.15) is 0 Å². The molecule has 3 atom stereocenters. The highest BCUT2D eigenvalue weighted by Gasteiger charge is 2.43. The monoisotopic (exact) mass is 227 g/mol. The lowest BCUT2D eigenvalue weighted by molar-refractivity contribution is 0.502. The number of hydrogen-bond acceptors (Lipinski definition) is 3. The van der Waals surface area contributed by atoms with E-state index >= 15 is 0 Å². The van der Waals surface area contributed by atoms with Crippen LogP contribution < -0.4 is 10.2 Å². The molecule has 0 radical (unpaired) electrons. The SMILES string of the molecule is CC1CNc2cccc3c2N1C1CCN=CC31. The van der Waals surface area contributed by atoms with Gasteiger partial charge in [-0.3, -0.25) is 4.99 Å². The summed E-state index contributed by atoms with van der Waals surface area (Å²) < 4.78 is 0. The summed E-state index contributed by atoms with van der Waals surface area (Å²) in [5.74, 6) is 0.515. The van der Waals surface area contributed by atoms with Crippen LogP contribution in [0.1, 0.15) is 24.8 Å². The van der Waals surface area contributed by atoms with E-state index in [1.807, 2.05) is 0 Å². The lowest BCUT2D eigenvalue weighted by Crippen LogP contribution is -2.47. The number of nitrogens with zero attached hydrogens (tertiary/aromatic N) is 2. The summed E-state index contributed by atoms with van der Waals surface area (Å²) in [6.07, 6.45) is 3.37. The van der Waals surface area contributed by atoms with Crippen molar-refractivity contribution in [3.63, 3.8) is 0 Å². The Morgan fingerprint density at radius 1 is 1.41 bits per heavy atom. The predicted molar refractivity (Wildman–Crippen MR) is 71.4 cm³/mol. The van der Waals surface area contributed by atoms with Crippen LogP contribution in [-0.4, -0.2) is 31.4 Å². The fourth-order valence-electron chi connectivity index (χ4n) is 3.60. The average Bonchev–Trinajstić information content (AvgIpc) is 2.71. The van der Waals surface area contributed by atoms with Crippen LogP contribution in [-0.2, 0) is 0 Å². The van der Waals surface area contributed by atoms with Gasteiger partial charge >= 0.3 is 0 Å². The van der Waals surface area contributed by atoms with Gasteiger partial charge in [0.25, 0.3) is 0 Å². The normalized spacial score (nSPS) is 33.0. The van der Waals surface area contributed by atoms with E-state index in [1.54, 1.807) is 0 Å². The largest absolute Gasteiger partial charge is 0.381 e. The number of anilines is 2. The van der Waals surface area contributed by atoms with Crippen LogP contribution in [0.25, 0.3) is 0 Å². The van der Waals surface area contributed by atoms with Gasteiger partial charge in [-0.25, -0.2) is 0 Å². The molecule has 0 saturated carbocycles. The Morgan fingerprint density at radius 2 is 2.35 bits per heavy atom. The molecule has 0 fully saturated rings. The van der Waals surface area contributed by atoms with E-state index in [2.05, 4.69) is 46.5 Å². The summed E-state index contributed by atoms with van der Waals surface area (Å²) in [5, 5.41) is 3.55. The van der Waals surface area contributed by atoms with Crippen LogP contribution in [0.5, 0.6) is 0 Å². The van der Waals surface area contributed by atoms with Gasteiger partial charge in [0.15, 0.2) is 0 Å². The first kappa shape index (κ1) is 9.51. The predicted octanol–water partition coefficient (Wildman–Crippen LogP) is 2.25. The van der Waals surface area contributed by atoms with E-state index in [9.17, 15) is 0 Å². The molecule has 3 unspecified atom stereocenters. The molecule has 0 saturated heterocycles. The second-order valence-electron chi connectivity index (χ2n) is 5.32. The van der Waals surface area contributed by atoms with Gasteiger partial charge in [0, 0.05) is 37.3 Å². The first-order chi connectivity index (χ1) is 8.36. The zero-order valence-corrected chi connectivity index (χ0v) is 10.1. The van der Waals surface area contributed by atoms with Gasteiger partial charge in [-0.1, -0.05) is 12.1 Å². The van der Waals surface area contributed by atoms with Crippen molar-refractivity contribution in [1.82, 2.24) is 0 Å². The van der Waals surface area contributed by atoms with Crippen molar-refractivity contribution < 1.29 is 0 Å². The molecule has 0 bridgehead atoms. The Kier molecular flexibility index (Phi) is 1.82. The van der Waals surface area contributed by atoms with Gasteiger partial charge in [-0.05, 0) is 25.0 Å². The smallest absolute Gasteiger partial charge is 0.0647 e. The Hall–Kier alpha value is -1.51. The highest BCUT2D eigenvalue weighted by atomic mass is 15.3. The molecule has 3 aliphatic heterocycles. The van der Waals surface area contributed by atoms with Crippen molar-refractivity contribution in [3.05, 3.63) is 23.8 Å². The van der Waals surface area contributed by atoms with E-state index in [-0.39, 0.29) is 0 Å². The number of fused-ring (bicyclic) bond motifs is 3. The number of nitrogens with one attached hydrogen (secondary N) is 1. The standard InChI is InChI=1S/C14H17N3/c1-9-7-16-12-4-2-3-10-11-8-15-6-5-13(11)17(9)14(10)12/h2-4,8-9,11,13,16H,5-7H2,1H3. The Balaban J connectivity index is 1.94. The molecule has 3 aliphatic rings. The van der Waals surface area contributed by atoms with E-state index in [0.717, 1.165) is 13.1 Å². The maximum atomic E-state index is 4.49. The summed E-state index contributed by atoms with van der Waals surface area (Å²) in [6, 6.07) is 7.87. The quantitative estimate of drug-likeness (QED) is 0.736. The number of para-hydroxylation sites is 1. The van der Waals surface area contributed by atoms with Crippen molar-refractivity contribution in [2.45, 2.75) is 31.3 Å². The molecule has 3 heterocycles. The highest BCUT2D eigenvalue weighted by Crippen LogP contribution is 2.49. The van der Waals surface area contributed by atoms with Crippen molar-refractivity contribution >= 4 is 17.6 Å². The second-order valence-corrected chi connectivity index (χ2v) is 5.32. The first-order valence-corrected chi connectivity index (χ1v) is 6.51. The van der Waals surface area contributed by atoms with E-state index in [1.165, 1.54) is 23.4 Å². The molecule has 3 nitrogen and oxygen atoms in total. The summed E-state index contributed by atoms with van der Waals surface area (Å²) in [5.41, 5.74) is 4.22. The van der Waals surface area contributed by atoms with Crippen LogP contribution in [0.3, 0.4) is 0 Å². The molecular formula is C14H17N3. The molecule has 0 amide bonds. The molecule has 0 aromatic heterocycles. The summed E-state index contributed by atoms with van der Waals surface area (Å²) >= 11 is 0. The van der Waals surface area contributed by atoms with Crippen molar-refractivity contribution in [3.8, 4) is 0 Å². The number of aliphatic imine (C=N–C) groups is 1. The summed E-state index contributed by atoms with van der Waals surface area (Å²) in [7, 11) is 0. The van der Waals surface area contributed by atoms with E-state index in [0.29, 0.717) is 18.0 Å². The van der Waals surface area contributed by atoms with Gasteiger partial charge < -0.3 is 10.2 Å². The Labute approximate surface area is 102 Å². The molecular weight excluding hydrogens is 210 g/mol. The molecule has 1 N–H and O–H groups in total. The molecule has 4 rings (SSSR count). The molecule has 3 heteroatoms. The third kappa shape index (κ3) is 1.14. The van der Waals surface area contributed by atoms with Gasteiger partial charge in [0.2, 0.25) is 0 Å². The molecule has 0 spiro atoms. The Bertz CT molecular complexity index is 494. The van der Waals surface area contributed by atoms with Crippen molar-refractivity contribution in [2.24, 2.45) is 4.99 Å². The minimum Gasteiger partial charge on any atom is -0.381 e. The minimum atomic E-state index is 0.515. The zero-order valence-electron chi connectivity index (χ0n) is 10.1. The van der Waals surface area contributed by atoms with Gasteiger partial charge in [0.05, 0.1) is 11.4 Å². The average molecular weight is 227 g/mol. The lowest BCUT2D eigenvalue weighted by atomic mass is 9.92. The third-order valence-electron chi connectivity index (χ3n) is 4.34. The van der Waals surface area contributed by atoms with Gasteiger partial charge in [-0.2, -0.15) is 0 Å². The van der Waals surface area contributed by atoms with Crippen LogP contribution in [0.4, 0.5) is 11.4 Å². The van der Waals surface area contributed by atoms with Crippen LogP contribution in [0.15, 0.2) is 23.2 Å². The highest BCUT2D eigenvalue weighted by molar-refractivity contribution is 5.87. The summed E-state index contributed by atoms with van der Waals surface area (Å²) in [6.45, 7) is 4.36. The minimum absolute atomic E-state index is 0.515. The zero-order chi connectivity index (χ0) is 11.4. The molecule has 17 heavy (non-hydrogen) atoms. The molecule has 0 aliphatic carbocycles. The van der Waals surface area contributed by atoms with Crippen LogP contribution >= 0.6 is 0 Å². The first-order valence-electron chi connectivity index (χ1n) is 6.51. The van der Waals surface area contributed by atoms with Crippen molar-refractivity contribution in [1.29, 1.82) is 0 Å². The topological polar surface area (TPSA) is 27.6 Å². The van der Waals surface area contributed by atoms with Crippen molar-refractivity contribution in [2.75, 3.05) is 23.3 Å². The second kappa shape index (κ2) is 3.25. The number of hydrogen-bond donors (Lipinski definition) is 1. The number of rotatable bonds is 0. The molecule has 88 valence electrons. The van der Waals surface area contributed by atoms with Gasteiger partial charge in [-0.15, -0.1) is 0 Å². The fraction of sp³-hybridized carbons (Fsp3) is 0.500. The number of benzene rings is 1. The fourth-order valence-corrected chi connectivity index (χ4v) is 3.60. The summed E-state index contributed by atoms with van der Waals surface area (Å²) in [4.78, 5) is 7.13. The van der Waals surface area contributed by atoms with Crippen LogP contribution in [0, 0.1) is 0 Å². The maximum Gasteiger partial charge on any atom is 0.0647 e. The van der Waals surface area contributed by atoms with E-state index in [4.69, 9.17) is 0 Å². The Morgan fingerprint density at radius 3 is 3.29 bits per heavy atom. The molecule has 1 aromatic rings. The van der Waals surface area contributed by atoms with Crippen LogP contribution in [0.2, 0.25) is 0 Å².